The van der Waals surface area contributed by atoms with Crippen LogP contribution in [0.15, 0.2) is 59.5 Å². The van der Waals surface area contributed by atoms with Gasteiger partial charge in [0.1, 0.15) is 5.69 Å². The number of pyridine rings is 2. The van der Waals surface area contributed by atoms with E-state index in [4.69, 9.17) is 4.74 Å². The van der Waals surface area contributed by atoms with Crippen LogP contribution in [0.4, 0.5) is 0 Å². The van der Waals surface area contributed by atoms with E-state index in [0.717, 1.165) is 23.7 Å². The molecule has 0 saturated carbocycles. The molecular formula is C21H21N3O3. The lowest BCUT2D eigenvalue weighted by molar-refractivity contribution is 0.0502. The average Bonchev–Trinajstić information content (AvgIpc) is 3.21. The van der Waals surface area contributed by atoms with Crippen molar-refractivity contribution in [2.24, 2.45) is 0 Å². The van der Waals surface area contributed by atoms with Gasteiger partial charge in [-0.25, -0.2) is 0 Å². The fraction of sp³-hybridized carbons (Fsp3) is 0.286. The Morgan fingerprint density at radius 2 is 2.07 bits per heavy atom. The Balaban J connectivity index is 1.65. The van der Waals surface area contributed by atoms with Crippen LogP contribution in [0.2, 0.25) is 0 Å². The maximum absolute atomic E-state index is 13.0. The summed E-state index contributed by atoms with van der Waals surface area (Å²) in [6.07, 6.45) is 3.50. The van der Waals surface area contributed by atoms with Crippen molar-refractivity contribution in [3.63, 3.8) is 0 Å². The highest BCUT2D eigenvalue weighted by Crippen LogP contribution is 2.17. The Labute approximate surface area is 156 Å². The second-order valence-corrected chi connectivity index (χ2v) is 6.75. The molecule has 0 radical (unpaired) electrons. The Morgan fingerprint density at radius 1 is 1.22 bits per heavy atom. The van der Waals surface area contributed by atoms with Crippen LogP contribution in [0.3, 0.4) is 0 Å². The zero-order chi connectivity index (χ0) is 18.6. The molecule has 0 bridgehead atoms. The van der Waals surface area contributed by atoms with Crippen molar-refractivity contribution in [3.05, 3.63) is 76.3 Å². The van der Waals surface area contributed by atoms with Crippen molar-refractivity contribution >= 4 is 16.8 Å². The number of nitrogens with zero attached hydrogens (tertiary/aromatic N) is 2. The number of aromatic nitrogens is 2. The molecule has 1 amide bonds. The highest BCUT2D eigenvalue weighted by atomic mass is 16.5. The quantitative estimate of drug-likeness (QED) is 0.756. The highest BCUT2D eigenvalue weighted by Gasteiger charge is 2.25. The summed E-state index contributed by atoms with van der Waals surface area (Å²) < 4.78 is 5.71. The molecule has 2 aromatic heterocycles. The first kappa shape index (κ1) is 17.4. The van der Waals surface area contributed by atoms with Gasteiger partial charge < -0.3 is 14.6 Å². The number of hydrogen-bond donors (Lipinski definition) is 1. The molecule has 1 aromatic carbocycles. The normalized spacial score (nSPS) is 16.5. The molecule has 6 heteroatoms. The van der Waals surface area contributed by atoms with E-state index < -0.39 is 0 Å². The number of carbonyl (C=O) groups excluding carboxylic acids is 1. The predicted molar refractivity (Wildman–Crippen MR) is 103 cm³/mol. The zero-order valence-electron chi connectivity index (χ0n) is 14.9. The molecule has 27 heavy (non-hydrogen) atoms. The predicted octanol–water partition coefficient (Wildman–Crippen LogP) is 2.74. The Bertz CT molecular complexity index is 994. The van der Waals surface area contributed by atoms with Gasteiger partial charge in [-0.1, -0.05) is 24.3 Å². The summed E-state index contributed by atoms with van der Waals surface area (Å²) in [6, 6.07) is 14.7. The maximum Gasteiger partial charge on any atom is 0.272 e. The van der Waals surface area contributed by atoms with Crippen molar-refractivity contribution in [1.82, 2.24) is 14.9 Å². The van der Waals surface area contributed by atoms with E-state index in [2.05, 4.69) is 9.97 Å². The van der Waals surface area contributed by atoms with Gasteiger partial charge in [0.05, 0.1) is 12.6 Å². The van der Waals surface area contributed by atoms with E-state index in [-0.39, 0.29) is 24.1 Å². The molecule has 4 rings (SSSR count). The SMILES string of the molecule is O=C(c1ccccn1)N(Cc1cc2ccccc2[nH]c1=O)CC1CCCO1. The van der Waals surface area contributed by atoms with E-state index in [1.807, 2.05) is 30.3 Å². The molecular weight excluding hydrogens is 342 g/mol. The molecule has 3 heterocycles. The lowest BCUT2D eigenvalue weighted by Crippen LogP contribution is -2.38. The van der Waals surface area contributed by atoms with Gasteiger partial charge in [0.2, 0.25) is 0 Å². The second kappa shape index (κ2) is 7.72. The van der Waals surface area contributed by atoms with Gasteiger partial charge in [0, 0.05) is 30.4 Å². The number of aromatic amines is 1. The van der Waals surface area contributed by atoms with Gasteiger partial charge in [0.25, 0.3) is 11.5 Å². The molecule has 6 nitrogen and oxygen atoms in total. The van der Waals surface area contributed by atoms with Crippen LogP contribution < -0.4 is 5.56 Å². The van der Waals surface area contributed by atoms with Crippen molar-refractivity contribution in [1.29, 1.82) is 0 Å². The molecule has 1 N–H and O–H groups in total. The van der Waals surface area contributed by atoms with E-state index in [0.29, 0.717) is 24.4 Å². The molecule has 0 aliphatic carbocycles. The molecule has 138 valence electrons. The number of fused-ring (bicyclic) bond motifs is 1. The third kappa shape index (κ3) is 3.90. The molecule has 3 aromatic rings. The van der Waals surface area contributed by atoms with Crippen LogP contribution in [-0.4, -0.2) is 40.0 Å². The number of H-pyrrole nitrogens is 1. The maximum atomic E-state index is 13.0. The summed E-state index contributed by atoms with van der Waals surface area (Å²) in [6.45, 7) is 1.38. The first-order valence-electron chi connectivity index (χ1n) is 9.13. The highest BCUT2D eigenvalue weighted by molar-refractivity contribution is 5.92. The first-order valence-corrected chi connectivity index (χ1v) is 9.13. The van der Waals surface area contributed by atoms with Gasteiger partial charge in [0.15, 0.2) is 0 Å². The number of nitrogens with one attached hydrogen (secondary N) is 1. The molecule has 1 aliphatic heterocycles. The minimum Gasteiger partial charge on any atom is -0.376 e. The van der Waals surface area contributed by atoms with Gasteiger partial charge in [-0.2, -0.15) is 0 Å². The summed E-state index contributed by atoms with van der Waals surface area (Å²) in [4.78, 5) is 34.3. The number of benzene rings is 1. The van der Waals surface area contributed by atoms with Crippen molar-refractivity contribution in [2.75, 3.05) is 13.2 Å². The number of amides is 1. The van der Waals surface area contributed by atoms with Crippen LogP contribution in [0, 0.1) is 0 Å². The van der Waals surface area contributed by atoms with Gasteiger partial charge in [-0.05, 0) is 42.5 Å². The number of carbonyl (C=O) groups is 1. The minimum atomic E-state index is -0.196. The van der Waals surface area contributed by atoms with Gasteiger partial charge in [-0.3, -0.25) is 14.6 Å². The Morgan fingerprint density at radius 3 is 2.85 bits per heavy atom. The number of para-hydroxylation sites is 1. The van der Waals surface area contributed by atoms with E-state index >= 15 is 0 Å². The van der Waals surface area contributed by atoms with Crippen LogP contribution in [0.5, 0.6) is 0 Å². The standard InChI is InChI=1S/C21H21N3O3/c25-20-16(12-15-6-1-2-8-18(15)23-20)13-24(14-17-7-5-11-27-17)21(26)19-9-3-4-10-22-19/h1-4,6,8-10,12,17H,5,7,11,13-14H2,(H,23,25). The smallest absolute Gasteiger partial charge is 0.272 e. The lowest BCUT2D eigenvalue weighted by atomic mass is 10.1. The Hall–Kier alpha value is -2.99. The largest absolute Gasteiger partial charge is 0.376 e. The minimum absolute atomic E-state index is 0.00259. The van der Waals surface area contributed by atoms with E-state index in [1.165, 1.54) is 0 Å². The number of rotatable bonds is 5. The topological polar surface area (TPSA) is 75.3 Å². The summed E-state index contributed by atoms with van der Waals surface area (Å²) in [7, 11) is 0. The summed E-state index contributed by atoms with van der Waals surface area (Å²) >= 11 is 0. The summed E-state index contributed by atoms with van der Waals surface area (Å²) in [5, 5.41) is 0.939. The number of hydrogen-bond acceptors (Lipinski definition) is 4. The zero-order valence-corrected chi connectivity index (χ0v) is 14.9. The number of ether oxygens (including phenoxy) is 1. The molecule has 1 atom stereocenters. The molecule has 1 fully saturated rings. The third-order valence-electron chi connectivity index (χ3n) is 4.81. The first-order chi connectivity index (χ1) is 13.2. The summed E-state index contributed by atoms with van der Waals surface area (Å²) in [5.74, 6) is -0.196. The van der Waals surface area contributed by atoms with Crippen LogP contribution in [-0.2, 0) is 11.3 Å². The molecule has 1 saturated heterocycles. The average molecular weight is 363 g/mol. The monoisotopic (exact) mass is 363 g/mol. The fourth-order valence-corrected chi connectivity index (χ4v) is 3.42. The third-order valence-corrected chi connectivity index (χ3v) is 4.81. The molecule has 1 aliphatic rings. The Kier molecular flexibility index (Phi) is 4.98. The molecule has 0 spiro atoms. The van der Waals surface area contributed by atoms with Crippen LogP contribution >= 0.6 is 0 Å². The van der Waals surface area contributed by atoms with Crippen LogP contribution in [0.1, 0.15) is 28.9 Å². The van der Waals surface area contributed by atoms with Crippen LogP contribution in [0.25, 0.3) is 10.9 Å². The van der Waals surface area contributed by atoms with Crippen molar-refractivity contribution < 1.29 is 9.53 Å². The van der Waals surface area contributed by atoms with Gasteiger partial charge in [-0.15, -0.1) is 0 Å². The van der Waals surface area contributed by atoms with E-state index in [9.17, 15) is 9.59 Å². The van der Waals surface area contributed by atoms with E-state index in [1.54, 1.807) is 29.3 Å². The fourth-order valence-electron chi connectivity index (χ4n) is 3.42. The van der Waals surface area contributed by atoms with Crippen molar-refractivity contribution in [2.45, 2.75) is 25.5 Å². The summed E-state index contributed by atoms with van der Waals surface area (Å²) in [5.41, 5.74) is 1.52. The van der Waals surface area contributed by atoms with Gasteiger partial charge >= 0.3 is 0 Å². The van der Waals surface area contributed by atoms with Crippen molar-refractivity contribution in [3.8, 4) is 0 Å². The molecule has 1 unspecified atom stereocenters. The lowest BCUT2D eigenvalue weighted by Gasteiger charge is -2.25. The second-order valence-electron chi connectivity index (χ2n) is 6.75.